The van der Waals surface area contributed by atoms with Gasteiger partial charge < -0.3 is 10.1 Å². The lowest BCUT2D eigenvalue weighted by atomic mass is 10.3. The molecule has 0 amide bonds. The maximum Gasteiger partial charge on any atom is 0.141 e. The molecule has 1 aromatic rings. The van der Waals surface area contributed by atoms with Gasteiger partial charge in [0.15, 0.2) is 0 Å². The molecule has 15 heavy (non-hydrogen) atoms. The van der Waals surface area contributed by atoms with E-state index in [1.807, 2.05) is 0 Å². The van der Waals surface area contributed by atoms with E-state index >= 15 is 0 Å². The Morgan fingerprint density at radius 3 is 2.87 bits per heavy atom. The van der Waals surface area contributed by atoms with Crippen LogP contribution in [0.2, 0.25) is 5.02 Å². The Labute approximate surface area is 94.4 Å². The van der Waals surface area contributed by atoms with Crippen LogP contribution >= 0.6 is 11.6 Å². The molecule has 0 spiro atoms. The van der Waals surface area contributed by atoms with Crippen molar-refractivity contribution in [1.29, 1.82) is 0 Å². The molecule has 0 unspecified atom stereocenters. The van der Waals surface area contributed by atoms with Crippen molar-refractivity contribution in [2.45, 2.75) is 12.8 Å². The predicted molar refractivity (Wildman–Crippen MR) is 61.0 cm³/mol. The van der Waals surface area contributed by atoms with Crippen molar-refractivity contribution in [3.05, 3.63) is 29.0 Å². The molecule has 0 fully saturated rings. The minimum Gasteiger partial charge on any atom is -0.385 e. The first kappa shape index (κ1) is 12.3. The quantitative estimate of drug-likeness (QED) is 0.759. The van der Waals surface area contributed by atoms with Gasteiger partial charge in [-0.15, -0.1) is 0 Å². The summed E-state index contributed by atoms with van der Waals surface area (Å²) in [6.45, 7) is 1.61. The first-order valence-electron chi connectivity index (χ1n) is 4.92. The fraction of sp³-hybridized carbons (Fsp3) is 0.455. The average Bonchev–Trinajstić information content (AvgIpc) is 2.23. The smallest absolute Gasteiger partial charge is 0.141 e. The Hall–Kier alpha value is -0.800. The molecular weight excluding hydrogens is 217 g/mol. The normalized spacial score (nSPS) is 10.3. The molecule has 0 radical (unpaired) electrons. The van der Waals surface area contributed by atoms with Gasteiger partial charge >= 0.3 is 0 Å². The zero-order chi connectivity index (χ0) is 11.1. The summed E-state index contributed by atoms with van der Waals surface area (Å²) in [6, 6.07) is 4.63. The molecular formula is C11H15ClFNO. The van der Waals surface area contributed by atoms with Crippen molar-refractivity contribution in [2.24, 2.45) is 0 Å². The Kier molecular flexibility index (Phi) is 5.43. The molecule has 1 N–H and O–H groups in total. The third kappa shape index (κ3) is 4.49. The first-order chi connectivity index (χ1) is 7.24. The molecule has 0 aliphatic carbocycles. The van der Waals surface area contributed by atoms with E-state index in [-0.39, 0.29) is 10.8 Å². The molecule has 0 aromatic heterocycles. The second-order valence-corrected chi connectivity index (χ2v) is 3.66. The summed E-state index contributed by atoms with van der Waals surface area (Å²) in [7, 11) is 1.69. The van der Waals surface area contributed by atoms with E-state index in [0.29, 0.717) is 0 Å². The van der Waals surface area contributed by atoms with E-state index < -0.39 is 0 Å². The molecule has 1 rings (SSSR count). The minimum atomic E-state index is -0.387. The van der Waals surface area contributed by atoms with Gasteiger partial charge in [-0.05, 0) is 31.0 Å². The number of hydrogen-bond acceptors (Lipinski definition) is 2. The molecule has 0 atom stereocenters. The summed E-state index contributed by atoms with van der Waals surface area (Å²) < 4.78 is 17.7. The first-order valence-corrected chi connectivity index (χ1v) is 5.29. The van der Waals surface area contributed by atoms with Crippen molar-refractivity contribution in [3.8, 4) is 0 Å². The minimum absolute atomic E-state index is 0.150. The summed E-state index contributed by atoms with van der Waals surface area (Å²) >= 11 is 5.64. The number of halogens is 2. The molecule has 0 bridgehead atoms. The van der Waals surface area contributed by atoms with Gasteiger partial charge in [0.05, 0.1) is 5.02 Å². The number of unbranched alkanes of at least 4 members (excludes halogenated alkanes) is 1. The molecule has 0 saturated heterocycles. The number of ether oxygens (including phenoxy) is 1. The summed E-state index contributed by atoms with van der Waals surface area (Å²) in [5, 5.41) is 3.31. The van der Waals surface area contributed by atoms with Crippen molar-refractivity contribution in [1.82, 2.24) is 0 Å². The second kappa shape index (κ2) is 6.64. The third-order valence-electron chi connectivity index (χ3n) is 2.02. The van der Waals surface area contributed by atoms with Gasteiger partial charge in [0.1, 0.15) is 5.82 Å². The second-order valence-electron chi connectivity index (χ2n) is 3.26. The fourth-order valence-corrected chi connectivity index (χ4v) is 1.39. The van der Waals surface area contributed by atoms with Gasteiger partial charge in [0, 0.05) is 25.9 Å². The van der Waals surface area contributed by atoms with Crippen LogP contribution in [0.4, 0.5) is 10.1 Å². The molecule has 0 aliphatic heterocycles. The maximum atomic E-state index is 12.8. The van der Waals surface area contributed by atoms with Crippen LogP contribution in [-0.4, -0.2) is 20.3 Å². The lowest BCUT2D eigenvalue weighted by molar-refractivity contribution is 0.194. The Morgan fingerprint density at radius 1 is 1.40 bits per heavy atom. The molecule has 0 saturated carbocycles. The van der Waals surface area contributed by atoms with Crippen LogP contribution in [0.5, 0.6) is 0 Å². The van der Waals surface area contributed by atoms with Gasteiger partial charge in [-0.3, -0.25) is 0 Å². The lowest BCUT2D eigenvalue weighted by Crippen LogP contribution is -2.03. The van der Waals surface area contributed by atoms with E-state index in [1.165, 1.54) is 6.07 Å². The van der Waals surface area contributed by atoms with E-state index in [2.05, 4.69) is 5.32 Å². The van der Waals surface area contributed by atoms with Crippen LogP contribution in [0.1, 0.15) is 12.8 Å². The zero-order valence-corrected chi connectivity index (χ0v) is 9.48. The average molecular weight is 232 g/mol. The fourth-order valence-electron chi connectivity index (χ4n) is 1.21. The van der Waals surface area contributed by atoms with E-state index in [9.17, 15) is 4.39 Å². The largest absolute Gasteiger partial charge is 0.385 e. The Balaban J connectivity index is 2.28. The van der Waals surface area contributed by atoms with Gasteiger partial charge in [-0.1, -0.05) is 11.6 Å². The van der Waals surface area contributed by atoms with Gasteiger partial charge in [0.2, 0.25) is 0 Å². The van der Waals surface area contributed by atoms with Crippen LogP contribution in [-0.2, 0) is 4.74 Å². The number of rotatable bonds is 6. The predicted octanol–water partition coefficient (Wildman–Crippen LogP) is 3.32. The topological polar surface area (TPSA) is 21.3 Å². The number of methoxy groups -OCH3 is 1. The number of hydrogen-bond donors (Lipinski definition) is 1. The number of benzene rings is 1. The Morgan fingerprint density at radius 2 is 2.20 bits per heavy atom. The highest BCUT2D eigenvalue weighted by molar-refractivity contribution is 6.31. The number of anilines is 1. The van der Waals surface area contributed by atoms with Crippen molar-refractivity contribution < 1.29 is 9.13 Å². The highest BCUT2D eigenvalue weighted by Crippen LogP contribution is 2.19. The van der Waals surface area contributed by atoms with Crippen molar-refractivity contribution in [3.63, 3.8) is 0 Å². The molecule has 0 aliphatic rings. The third-order valence-corrected chi connectivity index (χ3v) is 2.31. The van der Waals surface area contributed by atoms with E-state index in [1.54, 1.807) is 19.2 Å². The van der Waals surface area contributed by atoms with Crippen molar-refractivity contribution in [2.75, 3.05) is 25.6 Å². The molecule has 0 heterocycles. The van der Waals surface area contributed by atoms with Crippen molar-refractivity contribution >= 4 is 17.3 Å². The maximum absolute atomic E-state index is 12.8. The SMILES string of the molecule is COCCCCNc1ccc(F)c(Cl)c1. The lowest BCUT2D eigenvalue weighted by Gasteiger charge is -2.06. The Bertz CT molecular complexity index is 307. The van der Waals surface area contributed by atoms with E-state index in [0.717, 1.165) is 31.7 Å². The molecule has 84 valence electrons. The number of nitrogens with one attached hydrogen (secondary N) is 1. The highest BCUT2D eigenvalue weighted by atomic mass is 35.5. The van der Waals surface area contributed by atoms with Crippen LogP contribution in [0, 0.1) is 5.82 Å². The summed E-state index contributed by atoms with van der Waals surface area (Å²) in [6.07, 6.45) is 2.03. The van der Waals surface area contributed by atoms with Crippen LogP contribution in [0.3, 0.4) is 0 Å². The summed E-state index contributed by atoms with van der Waals surface area (Å²) in [5.74, 6) is -0.387. The zero-order valence-electron chi connectivity index (χ0n) is 8.72. The summed E-state index contributed by atoms with van der Waals surface area (Å²) in [4.78, 5) is 0. The molecule has 1 aromatic carbocycles. The highest BCUT2D eigenvalue weighted by Gasteiger charge is 1.99. The van der Waals surface area contributed by atoms with Gasteiger partial charge in [-0.2, -0.15) is 0 Å². The monoisotopic (exact) mass is 231 g/mol. The summed E-state index contributed by atoms with van der Waals surface area (Å²) in [5.41, 5.74) is 0.846. The van der Waals surface area contributed by atoms with Crippen LogP contribution < -0.4 is 5.32 Å². The van der Waals surface area contributed by atoms with Crippen LogP contribution in [0.25, 0.3) is 0 Å². The molecule has 2 nitrogen and oxygen atoms in total. The van der Waals surface area contributed by atoms with Crippen LogP contribution in [0.15, 0.2) is 18.2 Å². The standard InChI is InChI=1S/C11H15ClFNO/c1-15-7-3-2-6-14-9-4-5-11(13)10(12)8-9/h4-5,8,14H,2-3,6-7H2,1H3. The van der Waals surface area contributed by atoms with E-state index in [4.69, 9.17) is 16.3 Å². The van der Waals surface area contributed by atoms with Gasteiger partial charge in [-0.25, -0.2) is 4.39 Å². The van der Waals surface area contributed by atoms with Gasteiger partial charge in [0.25, 0.3) is 0 Å². The molecule has 4 heteroatoms.